The molecule has 1 heterocycles. The molecule has 0 aromatic rings. The average Bonchev–Trinajstić information content (AvgIpc) is 3.40. The number of nitrogens with one attached hydrogen (secondary N) is 1. The summed E-state index contributed by atoms with van der Waals surface area (Å²) in [5, 5.41) is 54.6. The van der Waals surface area contributed by atoms with E-state index < -0.39 is 49.5 Å². The Kier molecular flexibility index (Phi) is 52.1. The van der Waals surface area contributed by atoms with Gasteiger partial charge < -0.3 is 40.3 Å². The lowest BCUT2D eigenvalue weighted by molar-refractivity contribution is -0.302. The molecule has 0 aliphatic carbocycles. The Morgan fingerprint density at radius 1 is 0.446 bits per heavy atom. The molecule has 7 unspecified atom stereocenters. The highest BCUT2D eigenvalue weighted by atomic mass is 16.7. The molecule has 6 N–H and O–H groups in total. The third-order valence-electron chi connectivity index (χ3n) is 15.4. The molecule has 0 aromatic carbocycles. The van der Waals surface area contributed by atoms with Crippen LogP contribution in [-0.4, -0.2) is 87.5 Å². The van der Waals surface area contributed by atoms with E-state index in [-0.39, 0.29) is 12.5 Å². The number of carbonyl (C=O) groups excluding carboxylic acids is 1. The Morgan fingerprint density at radius 2 is 0.770 bits per heavy atom. The monoisotopic (exact) mass is 1050 g/mol. The van der Waals surface area contributed by atoms with Crippen molar-refractivity contribution in [3.05, 3.63) is 36.5 Å². The van der Waals surface area contributed by atoms with Gasteiger partial charge in [0.1, 0.15) is 24.4 Å². The lowest BCUT2D eigenvalue weighted by Gasteiger charge is -2.40. The number of allylic oxidation sites excluding steroid dienone is 5. The lowest BCUT2D eigenvalue weighted by Crippen LogP contribution is -2.60. The molecule has 436 valence electrons. The Balaban J connectivity index is 2.19. The number of aliphatic hydroxyl groups is 5. The van der Waals surface area contributed by atoms with Crippen molar-refractivity contribution >= 4 is 5.91 Å². The van der Waals surface area contributed by atoms with Crippen molar-refractivity contribution in [2.24, 2.45) is 0 Å². The first-order chi connectivity index (χ1) is 36.3. The van der Waals surface area contributed by atoms with Gasteiger partial charge in [-0.3, -0.25) is 4.79 Å². The standard InChI is InChI=1S/C65H123NO8/c1-3-5-7-9-11-13-15-17-19-21-23-25-27-29-30-31-33-35-37-39-41-43-45-47-49-51-53-55-61(69)66-58(57-73-65-64(72)63(71)62(70)60(56-67)74-65)59(68)54-52-50-48-46-44-42-40-38-36-34-32-28-26-24-22-20-18-16-14-12-10-8-6-4-2/h29-30,44,46,52,54,58-60,62-65,67-68,70-72H,3-28,31-43,45,47-51,53,55-57H2,1-2H3,(H,66,69)/b30-29-,46-44+,54-52+. The van der Waals surface area contributed by atoms with Gasteiger partial charge in [0, 0.05) is 6.42 Å². The van der Waals surface area contributed by atoms with E-state index in [9.17, 15) is 30.3 Å². The molecule has 7 atom stereocenters. The van der Waals surface area contributed by atoms with Crippen LogP contribution in [0.25, 0.3) is 0 Å². The molecule has 1 saturated heterocycles. The number of aliphatic hydroxyl groups excluding tert-OH is 5. The fourth-order valence-corrected chi connectivity index (χ4v) is 10.3. The molecule has 74 heavy (non-hydrogen) atoms. The lowest BCUT2D eigenvalue weighted by atomic mass is 9.99. The molecular formula is C65H123NO8. The molecular weight excluding hydrogens is 923 g/mol. The van der Waals surface area contributed by atoms with Crippen molar-refractivity contribution in [1.82, 2.24) is 5.32 Å². The maximum absolute atomic E-state index is 13.1. The zero-order valence-corrected chi connectivity index (χ0v) is 48.6. The molecule has 0 saturated carbocycles. The second kappa shape index (κ2) is 54.8. The fraction of sp³-hybridized carbons (Fsp3) is 0.892. The van der Waals surface area contributed by atoms with Crippen LogP contribution >= 0.6 is 0 Å². The summed E-state index contributed by atoms with van der Waals surface area (Å²) in [6.45, 7) is 3.81. The molecule has 9 heteroatoms. The van der Waals surface area contributed by atoms with Gasteiger partial charge in [0.15, 0.2) is 6.29 Å². The van der Waals surface area contributed by atoms with Gasteiger partial charge in [-0.1, -0.05) is 288 Å². The van der Waals surface area contributed by atoms with E-state index in [0.29, 0.717) is 6.42 Å². The molecule has 1 aliphatic heterocycles. The summed E-state index contributed by atoms with van der Waals surface area (Å²) in [4.78, 5) is 13.1. The molecule has 1 amide bonds. The summed E-state index contributed by atoms with van der Waals surface area (Å²) in [5.41, 5.74) is 0. The third kappa shape index (κ3) is 43.4. The van der Waals surface area contributed by atoms with Crippen molar-refractivity contribution in [2.45, 2.75) is 358 Å². The summed E-state index contributed by atoms with van der Waals surface area (Å²) in [5.74, 6) is -0.183. The highest BCUT2D eigenvalue weighted by Gasteiger charge is 2.44. The summed E-state index contributed by atoms with van der Waals surface area (Å²) >= 11 is 0. The topological polar surface area (TPSA) is 149 Å². The van der Waals surface area contributed by atoms with Crippen LogP contribution in [0, 0.1) is 0 Å². The fourth-order valence-electron chi connectivity index (χ4n) is 10.3. The Bertz CT molecular complexity index is 1260. The maximum Gasteiger partial charge on any atom is 0.220 e. The van der Waals surface area contributed by atoms with Crippen molar-refractivity contribution in [3.8, 4) is 0 Å². The van der Waals surface area contributed by atoms with Crippen molar-refractivity contribution in [1.29, 1.82) is 0 Å². The highest BCUT2D eigenvalue weighted by molar-refractivity contribution is 5.76. The summed E-state index contributed by atoms with van der Waals surface area (Å²) < 4.78 is 11.3. The van der Waals surface area contributed by atoms with Gasteiger partial charge in [-0.2, -0.15) is 0 Å². The first kappa shape index (κ1) is 70.4. The second-order valence-corrected chi connectivity index (χ2v) is 22.5. The van der Waals surface area contributed by atoms with Gasteiger partial charge >= 0.3 is 0 Å². The number of hydrogen-bond acceptors (Lipinski definition) is 8. The number of unbranched alkanes of at least 4 members (excludes halogenated alkanes) is 42. The average molecular weight is 1050 g/mol. The molecule has 0 spiro atoms. The smallest absolute Gasteiger partial charge is 0.220 e. The van der Waals surface area contributed by atoms with E-state index in [1.54, 1.807) is 6.08 Å². The van der Waals surface area contributed by atoms with E-state index in [4.69, 9.17) is 9.47 Å². The largest absolute Gasteiger partial charge is 0.394 e. The Hall–Kier alpha value is -1.59. The van der Waals surface area contributed by atoms with Crippen LogP contribution in [0.2, 0.25) is 0 Å². The Labute approximate surface area is 457 Å². The molecule has 0 aromatic heterocycles. The molecule has 9 nitrogen and oxygen atoms in total. The minimum absolute atomic E-state index is 0.183. The molecule has 1 fully saturated rings. The van der Waals surface area contributed by atoms with Crippen LogP contribution in [-0.2, 0) is 14.3 Å². The van der Waals surface area contributed by atoms with Crippen LogP contribution in [0.3, 0.4) is 0 Å². The second-order valence-electron chi connectivity index (χ2n) is 22.5. The van der Waals surface area contributed by atoms with E-state index in [1.807, 2.05) is 6.08 Å². The van der Waals surface area contributed by atoms with Gasteiger partial charge in [-0.05, 0) is 57.8 Å². The van der Waals surface area contributed by atoms with E-state index in [0.717, 1.165) is 38.5 Å². The molecule has 1 rings (SSSR count). The van der Waals surface area contributed by atoms with Gasteiger partial charge in [0.25, 0.3) is 0 Å². The van der Waals surface area contributed by atoms with E-state index in [1.165, 1.54) is 257 Å². The van der Waals surface area contributed by atoms with Crippen LogP contribution < -0.4 is 5.32 Å². The Morgan fingerprint density at radius 3 is 1.14 bits per heavy atom. The maximum atomic E-state index is 13.1. The normalized spacial score (nSPS) is 19.1. The van der Waals surface area contributed by atoms with Crippen molar-refractivity contribution in [2.75, 3.05) is 13.2 Å². The number of carbonyl (C=O) groups is 1. The zero-order chi connectivity index (χ0) is 53.6. The minimum atomic E-state index is -1.57. The van der Waals surface area contributed by atoms with Crippen molar-refractivity contribution < 1.29 is 39.8 Å². The molecule has 1 aliphatic rings. The van der Waals surface area contributed by atoms with Gasteiger partial charge in [0.05, 0.1) is 25.4 Å². The van der Waals surface area contributed by atoms with Crippen molar-refractivity contribution in [3.63, 3.8) is 0 Å². The number of amides is 1. The SMILES string of the molecule is CCCCCCCCCCCCCC/C=C\CCCCCCCCCCCCCC(=O)NC(COC1OC(CO)C(O)C(O)C1O)C(O)/C=C/CC/C=C/CCCCCCCCCCCCCCCCCCCC. The molecule has 0 radical (unpaired) electrons. The molecule has 0 bridgehead atoms. The minimum Gasteiger partial charge on any atom is -0.394 e. The number of ether oxygens (including phenoxy) is 2. The van der Waals surface area contributed by atoms with Crippen LogP contribution in [0.4, 0.5) is 0 Å². The quantitative estimate of drug-likeness (QED) is 0.0261. The summed E-state index contributed by atoms with van der Waals surface area (Å²) in [6.07, 6.45) is 65.2. The predicted octanol–water partition coefficient (Wildman–Crippen LogP) is 16.7. The van der Waals surface area contributed by atoms with Crippen LogP contribution in [0.5, 0.6) is 0 Å². The highest BCUT2D eigenvalue weighted by Crippen LogP contribution is 2.23. The van der Waals surface area contributed by atoms with Gasteiger partial charge in [-0.15, -0.1) is 0 Å². The third-order valence-corrected chi connectivity index (χ3v) is 15.4. The van der Waals surface area contributed by atoms with E-state index in [2.05, 4.69) is 43.5 Å². The van der Waals surface area contributed by atoms with Gasteiger partial charge in [0.2, 0.25) is 5.91 Å². The van der Waals surface area contributed by atoms with E-state index >= 15 is 0 Å². The summed E-state index contributed by atoms with van der Waals surface area (Å²) in [7, 11) is 0. The summed E-state index contributed by atoms with van der Waals surface area (Å²) in [6, 6.07) is -0.823. The van der Waals surface area contributed by atoms with Crippen LogP contribution in [0.15, 0.2) is 36.5 Å². The first-order valence-electron chi connectivity index (χ1n) is 32.2. The van der Waals surface area contributed by atoms with Crippen LogP contribution in [0.1, 0.15) is 316 Å². The zero-order valence-electron chi connectivity index (χ0n) is 48.6. The predicted molar refractivity (Wildman–Crippen MR) is 313 cm³/mol. The first-order valence-corrected chi connectivity index (χ1v) is 32.2. The van der Waals surface area contributed by atoms with Gasteiger partial charge in [-0.25, -0.2) is 0 Å². The number of rotatable bonds is 56. The number of hydrogen-bond donors (Lipinski definition) is 6.